The second kappa shape index (κ2) is 8.91. The van der Waals surface area contributed by atoms with E-state index in [0.29, 0.717) is 12.1 Å². The van der Waals surface area contributed by atoms with E-state index < -0.39 is 0 Å². The number of hydrogen-bond donors (Lipinski definition) is 2. The van der Waals surface area contributed by atoms with Gasteiger partial charge >= 0.3 is 0 Å². The van der Waals surface area contributed by atoms with Crippen LogP contribution in [0.3, 0.4) is 0 Å². The summed E-state index contributed by atoms with van der Waals surface area (Å²) in [5.41, 5.74) is 7.31. The highest BCUT2D eigenvalue weighted by Gasteiger charge is 2.17. The van der Waals surface area contributed by atoms with Crippen molar-refractivity contribution in [2.24, 2.45) is 5.73 Å². The maximum absolute atomic E-state index is 12.0. The van der Waals surface area contributed by atoms with Crippen molar-refractivity contribution in [3.8, 4) is 0 Å². The Morgan fingerprint density at radius 2 is 2.05 bits per heavy atom. The fourth-order valence-corrected chi connectivity index (χ4v) is 3.03. The van der Waals surface area contributed by atoms with E-state index in [2.05, 4.69) is 17.1 Å². The van der Waals surface area contributed by atoms with Crippen LogP contribution in [0.1, 0.15) is 54.9 Å². The Labute approximate surface area is 134 Å². The molecule has 3 N–H and O–H groups in total. The molecule has 1 aliphatic heterocycles. The van der Waals surface area contributed by atoms with Crippen LogP contribution in [0.15, 0.2) is 24.3 Å². The Morgan fingerprint density at radius 3 is 2.73 bits per heavy atom. The van der Waals surface area contributed by atoms with Gasteiger partial charge in [-0.25, -0.2) is 0 Å². The Balaban J connectivity index is 1.62. The Kier molecular flexibility index (Phi) is 6.87. The quantitative estimate of drug-likeness (QED) is 0.761. The van der Waals surface area contributed by atoms with Gasteiger partial charge in [0.1, 0.15) is 0 Å². The van der Waals surface area contributed by atoms with Crippen LogP contribution < -0.4 is 11.1 Å². The minimum Gasteiger partial charge on any atom is -0.352 e. The van der Waals surface area contributed by atoms with E-state index in [1.54, 1.807) is 0 Å². The topological polar surface area (TPSA) is 58.4 Å². The lowest BCUT2D eigenvalue weighted by atomic mass is 10.0. The Morgan fingerprint density at radius 1 is 1.27 bits per heavy atom. The van der Waals surface area contributed by atoms with Gasteiger partial charge in [-0.15, -0.1) is 0 Å². The van der Waals surface area contributed by atoms with Crippen LogP contribution in [-0.2, 0) is 6.54 Å². The lowest BCUT2D eigenvalue weighted by molar-refractivity contribution is 0.0951. The average molecular weight is 303 g/mol. The lowest BCUT2D eigenvalue weighted by Gasteiger charge is -2.33. The third-order valence-electron chi connectivity index (χ3n) is 4.55. The van der Waals surface area contributed by atoms with E-state index in [9.17, 15) is 4.79 Å². The van der Waals surface area contributed by atoms with Gasteiger partial charge in [0.05, 0.1) is 0 Å². The highest BCUT2D eigenvalue weighted by atomic mass is 16.1. The number of benzene rings is 1. The van der Waals surface area contributed by atoms with Crippen LogP contribution in [-0.4, -0.2) is 36.5 Å². The first kappa shape index (κ1) is 17.0. The van der Waals surface area contributed by atoms with Crippen LogP contribution in [0.2, 0.25) is 0 Å². The van der Waals surface area contributed by atoms with E-state index >= 15 is 0 Å². The molecule has 4 heteroatoms. The molecule has 1 saturated heterocycles. The molecule has 1 fully saturated rings. The number of hydrogen-bond acceptors (Lipinski definition) is 3. The van der Waals surface area contributed by atoms with Crippen molar-refractivity contribution in [3.05, 3.63) is 35.4 Å². The van der Waals surface area contributed by atoms with Gasteiger partial charge in [-0.2, -0.15) is 0 Å². The Bertz CT molecular complexity index is 458. The van der Waals surface area contributed by atoms with Crippen molar-refractivity contribution in [2.45, 2.75) is 51.6 Å². The number of piperidine rings is 1. The number of amides is 1. The molecule has 1 unspecified atom stereocenters. The van der Waals surface area contributed by atoms with Crippen molar-refractivity contribution in [1.29, 1.82) is 0 Å². The second-order valence-corrected chi connectivity index (χ2v) is 6.24. The van der Waals surface area contributed by atoms with E-state index in [0.717, 1.165) is 37.5 Å². The Hall–Kier alpha value is -1.39. The molecule has 1 aromatic rings. The van der Waals surface area contributed by atoms with Crippen molar-refractivity contribution in [2.75, 3.05) is 19.6 Å². The molecule has 1 aromatic carbocycles. The smallest absolute Gasteiger partial charge is 0.251 e. The van der Waals surface area contributed by atoms with Crippen LogP contribution in [0, 0.1) is 0 Å². The normalized spacial score (nSPS) is 19.1. The molecule has 1 atom stereocenters. The SMILES string of the molecule is CC1CCCCN1CCCCNC(=O)c1ccc(CN)cc1. The van der Waals surface area contributed by atoms with Crippen molar-refractivity contribution in [3.63, 3.8) is 0 Å². The highest BCUT2D eigenvalue weighted by Crippen LogP contribution is 2.16. The summed E-state index contributed by atoms with van der Waals surface area (Å²) in [5.74, 6) is 0.00918. The first-order valence-corrected chi connectivity index (χ1v) is 8.52. The molecule has 1 heterocycles. The predicted molar refractivity (Wildman–Crippen MR) is 90.8 cm³/mol. The number of rotatable bonds is 7. The molecule has 0 aromatic heterocycles. The first-order valence-electron chi connectivity index (χ1n) is 8.52. The zero-order chi connectivity index (χ0) is 15.8. The van der Waals surface area contributed by atoms with Gasteiger partial charge in [0, 0.05) is 24.7 Å². The lowest BCUT2D eigenvalue weighted by Crippen LogP contribution is -2.38. The van der Waals surface area contributed by atoms with Gasteiger partial charge in [0.15, 0.2) is 0 Å². The largest absolute Gasteiger partial charge is 0.352 e. The molecular weight excluding hydrogens is 274 g/mol. The third kappa shape index (κ3) is 5.11. The molecule has 0 aliphatic carbocycles. The average Bonchev–Trinajstić information content (AvgIpc) is 2.56. The molecule has 22 heavy (non-hydrogen) atoms. The van der Waals surface area contributed by atoms with Gasteiger partial charge in [-0.3, -0.25) is 4.79 Å². The van der Waals surface area contributed by atoms with Crippen molar-refractivity contribution in [1.82, 2.24) is 10.2 Å². The molecule has 2 rings (SSSR count). The number of nitrogens with two attached hydrogens (primary N) is 1. The number of carbonyl (C=O) groups is 1. The van der Waals surface area contributed by atoms with Gasteiger partial charge in [0.25, 0.3) is 5.91 Å². The second-order valence-electron chi connectivity index (χ2n) is 6.24. The van der Waals surface area contributed by atoms with Gasteiger partial charge in [-0.05, 0) is 63.4 Å². The minimum absolute atomic E-state index is 0.00918. The summed E-state index contributed by atoms with van der Waals surface area (Å²) in [5, 5.41) is 3.00. The zero-order valence-corrected chi connectivity index (χ0v) is 13.7. The summed E-state index contributed by atoms with van der Waals surface area (Å²) >= 11 is 0. The summed E-state index contributed by atoms with van der Waals surface area (Å²) in [7, 11) is 0. The van der Waals surface area contributed by atoms with E-state index in [4.69, 9.17) is 5.73 Å². The molecule has 0 bridgehead atoms. The van der Waals surface area contributed by atoms with E-state index in [-0.39, 0.29) is 5.91 Å². The number of likely N-dealkylation sites (tertiary alicyclic amines) is 1. The summed E-state index contributed by atoms with van der Waals surface area (Å²) < 4.78 is 0. The number of unbranched alkanes of at least 4 members (excludes halogenated alkanes) is 1. The predicted octanol–water partition coefficient (Wildman–Crippen LogP) is 2.53. The summed E-state index contributed by atoms with van der Waals surface area (Å²) in [6.45, 7) is 5.98. The van der Waals surface area contributed by atoms with Gasteiger partial charge < -0.3 is 16.0 Å². The van der Waals surface area contributed by atoms with Crippen LogP contribution >= 0.6 is 0 Å². The fourth-order valence-electron chi connectivity index (χ4n) is 3.03. The van der Waals surface area contributed by atoms with E-state index in [1.165, 1.54) is 25.8 Å². The maximum Gasteiger partial charge on any atom is 0.251 e. The van der Waals surface area contributed by atoms with Crippen LogP contribution in [0.25, 0.3) is 0 Å². The maximum atomic E-state index is 12.0. The van der Waals surface area contributed by atoms with E-state index in [1.807, 2.05) is 24.3 Å². The molecule has 1 aliphatic rings. The van der Waals surface area contributed by atoms with Crippen LogP contribution in [0.5, 0.6) is 0 Å². The molecule has 4 nitrogen and oxygen atoms in total. The fraction of sp³-hybridized carbons (Fsp3) is 0.611. The van der Waals surface area contributed by atoms with Gasteiger partial charge in [-0.1, -0.05) is 18.6 Å². The number of nitrogens with one attached hydrogen (secondary N) is 1. The van der Waals surface area contributed by atoms with Crippen LogP contribution in [0.4, 0.5) is 0 Å². The monoisotopic (exact) mass is 303 g/mol. The van der Waals surface area contributed by atoms with Crippen molar-refractivity contribution >= 4 is 5.91 Å². The highest BCUT2D eigenvalue weighted by molar-refractivity contribution is 5.94. The minimum atomic E-state index is 0.00918. The number of nitrogens with zero attached hydrogens (tertiary/aromatic N) is 1. The first-order chi connectivity index (χ1) is 10.7. The molecular formula is C18H29N3O. The molecule has 0 radical (unpaired) electrons. The number of carbonyl (C=O) groups excluding carboxylic acids is 1. The molecule has 0 spiro atoms. The summed E-state index contributed by atoms with van der Waals surface area (Å²) in [6, 6.07) is 8.23. The molecule has 0 saturated carbocycles. The molecule has 1 amide bonds. The molecule has 122 valence electrons. The summed E-state index contributed by atoms with van der Waals surface area (Å²) in [4.78, 5) is 14.6. The standard InChI is InChI=1S/C18H29N3O/c1-15-6-2-4-12-21(15)13-5-3-11-20-18(22)17-9-7-16(14-19)8-10-17/h7-10,15H,2-6,11-14,19H2,1H3,(H,20,22). The van der Waals surface area contributed by atoms with Crippen molar-refractivity contribution < 1.29 is 4.79 Å². The van der Waals surface area contributed by atoms with Gasteiger partial charge in [0.2, 0.25) is 0 Å². The summed E-state index contributed by atoms with van der Waals surface area (Å²) in [6.07, 6.45) is 6.22. The zero-order valence-electron chi connectivity index (χ0n) is 13.7. The third-order valence-corrected chi connectivity index (χ3v) is 4.55.